The largest absolute Gasteiger partial charge is 0.506 e. The fourth-order valence-electron chi connectivity index (χ4n) is 3.03. The van der Waals surface area contributed by atoms with Gasteiger partial charge < -0.3 is 14.9 Å². The van der Waals surface area contributed by atoms with Gasteiger partial charge in [-0.05, 0) is 78.0 Å². The summed E-state index contributed by atoms with van der Waals surface area (Å²) in [6.45, 7) is 3.30. The highest BCUT2D eigenvalue weighted by Gasteiger charge is 2.27. The molecular formula is C23H23Br2NO6. The van der Waals surface area contributed by atoms with Crippen molar-refractivity contribution in [2.75, 3.05) is 5.32 Å². The van der Waals surface area contributed by atoms with Crippen LogP contribution >= 0.6 is 31.9 Å². The van der Waals surface area contributed by atoms with E-state index in [1.807, 2.05) is 6.92 Å². The molecule has 0 aliphatic carbocycles. The molecule has 0 aliphatic rings. The SMILES string of the molecule is CC(=O)c1ccc(NC(=O)O[C@H](c2cc(Br)cc(Br)c2O)[C@@H](C)CC/C=C/C(=O)O)cc1. The number of ketones is 1. The van der Waals surface area contributed by atoms with Crippen molar-refractivity contribution in [2.45, 2.75) is 32.8 Å². The lowest BCUT2D eigenvalue weighted by atomic mass is 9.92. The fourth-order valence-corrected chi connectivity index (χ4v) is 4.29. The smallest absolute Gasteiger partial charge is 0.412 e. The van der Waals surface area contributed by atoms with Gasteiger partial charge in [-0.2, -0.15) is 0 Å². The van der Waals surface area contributed by atoms with E-state index in [-0.39, 0.29) is 17.5 Å². The molecule has 3 N–H and O–H groups in total. The molecule has 0 spiro atoms. The van der Waals surface area contributed by atoms with Crippen LogP contribution in [0.2, 0.25) is 0 Å². The summed E-state index contributed by atoms with van der Waals surface area (Å²) < 4.78 is 6.81. The molecule has 0 unspecified atom stereocenters. The first kappa shape index (κ1) is 25.6. The number of nitrogens with one attached hydrogen (secondary N) is 1. The predicted molar refractivity (Wildman–Crippen MR) is 128 cm³/mol. The minimum atomic E-state index is -1.03. The summed E-state index contributed by atoms with van der Waals surface area (Å²) in [4.78, 5) is 34.7. The summed E-state index contributed by atoms with van der Waals surface area (Å²) in [6, 6.07) is 9.74. The first-order valence-electron chi connectivity index (χ1n) is 9.74. The molecule has 1 amide bonds. The van der Waals surface area contributed by atoms with Crippen LogP contribution in [0.5, 0.6) is 5.75 Å². The normalized spacial score (nSPS) is 12.9. The number of anilines is 1. The molecule has 170 valence electrons. The minimum absolute atomic E-state index is 0.0512. The van der Waals surface area contributed by atoms with E-state index < -0.39 is 18.2 Å². The highest BCUT2D eigenvalue weighted by atomic mass is 79.9. The first-order valence-corrected chi connectivity index (χ1v) is 11.3. The van der Waals surface area contributed by atoms with Gasteiger partial charge in [0, 0.05) is 27.4 Å². The Morgan fingerprint density at radius 3 is 2.41 bits per heavy atom. The van der Waals surface area contributed by atoms with E-state index >= 15 is 0 Å². The van der Waals surface area contributed by atoms with E-state index in [9.17, 15) is 19.5 Å². The quantitative estimate of drug-likeness (QED) is 0.236. The number of carbonyl (C=O) groups is 3. The number of ether oxygens (including phenoxy) is 1. The molecule has 0 aliphatic heterocycles. The molecule has 7 nitrogen and oxygen atoms in total. The van der Waals surface area contributed by atoms with Crippen molar-refractivity contribution in [2.24, 2.45) is 5.92 Å². The number of carboxylic acid groups (broad SMARTS) is 1. The summed E-state index contributed by atoms with van der Waals surface area (Å²) >= 11 is 6.67. The molecule has 0 aromatic heterocycles. The standard InChI is InChI=1S/C23H23Br2NO6/c1-13(5-3-4-6-20(28)29)22(18-11-16(24)12-19(25)21(18)30)32-23(31)26-17-9-7-15(8-10-17)14(2)27/h4,6-13,22,30H,3,5H2,1-2H3,(H,26,31)(H,28,29)/b6-4+/t13-,22-/m0/s1. The molecular weight excluding hydrogens is 546 g/mol. The van der Waals surface area contributed by atoms with Gasteiger partial charge in [-0.1, -0.05) is 28.9 Å². The molecule has 2 aromatic rings. The number of phenols is 1. The predicted octanol–water partition coefficient (Wildman–Crippen LogP) is 6.47. The molecule has 0 saturated carbocycles. The number of aromatic hydroxyl groups is 1. The van der Waals surface area contributed by atoms with Gasteiger partial charge in [0.05, 0.1) is 4.47 Å². The van der Waals surface area contributed by atoms with Crippen LogP contribution in [-0.4, -0.2) is 28.1 Å². The number of amides is 1. The van der Waals surface area contributed by atoms with Crippen molar-refractivity contribution < 1.29 is 29.3 Å². The van der Waals surface area contributed by atoms with Crippen molar-refractivity contribution >= 4 is 55.4 Å². The van der Waals surface area contributed by atoms with E-state index in [2.05, 4.69) is 37.2 Å². The number of benzene rings is 2. The molecule has 0 fully saturated rings. The van der Waals surface area contributed by atoms with Crippen LogP contribution in [0.25, 0.3) is 0 Å². The fraction of sp³-hybridized carbons (Fsp3) is 0.261. The molecule has 2 rings (SSSR count). The molecule has 0 bridgehead atoms. The van der Waals surface area contributed by atoms with E-state index in [0.717, 1.165) is 6.08 Å². The summed E-state index contributed by atoms with van der Waals surface area (Å²) in [7, 11) is 0. The van der Waals surface area contributed by atoms with Crippen molar-refractivity contribution in [1.29, 1.82) is 0 Å². The van der Waals surface area contributed by atoms with Crippen molar-refractivity contribution in [3.63, 3.8) is 0 Å². The Labute approximate surface area is 202 Å². The van der Waals surface area contributed by atoms with Gasteiger partial charge in [0.2, 0.25) is 0 Å². The number of rotatable bonds is 9. The third-order valence-electron chi connectivity index (χ3n) is 4.70. The number of phenolic OH excluding ortho intramolecular Hbond substituents is 1. The van der Waals surface area contributed by atoms with Crippen LogP contribution in [0.4, 0.5) is 10.5 Å². The second-order valence-electron chi connectivity index (χ2n) is 7.21. The lowest BCUT2D eigenvalue weighted by Gasteiger charge is -2.26. The molecule has 0 radical (unpaired) electrons. The Morgan fingerprint density at radius 1 is 1.16 bits per heavy atom. The Balaban J connectivity index is 2.22. The van der Waals surface area contributed by atoms with Crippen LogP contribution in [0.3, 0.4) is 0 Å². The van der Waals surface area contributed by atoms with Gasteiger partial charge in [0.1, 0.15) is 11.9 Å². The zero-order valence-corrected chi connectivity index (χ0v) is 20.6. The van der Waals surface area contributed by atoms with Gasteiger partial charge in [-0.3, -0.25) is 10.1 Å². The Kier molecular flexibility index (Phi) is 9.46. The van der Waals surface area contributed by atoms with Crippen LogP contribution in [0, 0.1) is 5.92 Å². The Bertz CT molecular complexity index is 1020. The number of allylic oxidation sites excluding steroid dienone is 1. The van der Waals surface area contributed by atoms with Crippen LogP contribution in [0.15, 0.2) is 57.5 Å². The van der Waals surface area contributed by atoms with E-state index in [1.165, 1.54) is 13.0 Å². The average molecular weight is 569 g/mol. The maximum Gasteiger partial charge on any atom is 0.412 e. The molecule has 0 saturated heterocycles. The van der Waals surface area contributed by atoms with E-state index in [1.54, 1.807) is 36.4 Å². The first-order chi connectivity index (χ1) is 15.1. The summed E-state index contributed by atoms with van der Waals surface area (Å²) in [5.74, 6) is -1.41. The molecule has 2 aromatic carbocycles. The Hall–Kier alpha value is -2.65. The maximum atomic E-state index is 12.6. The number of halogens is 2. The van der Waals surface area contributed by atoms with E-state index in [0.29, 0.717) is 38.6 Å². The lowest BCUT2D eigenvalue weighted by molar-refractivity contribution is -0.131. The molecule has 0 heterocycles. The van der Waals surface area contributed by atoms with Gasteiger partial charge in [-0.15, -0.1) is 0 Å². The number of hydrogen-bond donors (Lipinski definition) is 3. The summed E-state index contributed by atoms with van der Waals surface area (Å²) in [6.07, 6.45) is 2.03. The van der Waals surface area contributed by atoms with Crippen molar-refractivity contribution in [1.82, 2.24) is 0 Å². The van der Waals surface area contributed by atoms with Crippen LogP contribution < -0.4 is 5.32 Å². The van der Waals surface area contributed by atoms with Gasteiger partial charge in [0.15, 0.2) is 5.78 Å². The molecule has 9 heteroatoms. The molecule has 2 atom stereocenters. The molecule has 32 heavy (non-hydrogen) atoms. The second-order valence-corrected chi connectivity index (χ2v) is 8.98. The maximum absolute atomic E-state index is 12.6. The average Bonchev–Trinajstić information content (AvgIpc) is 2.72. The number of carboxylic acids is 1. The van der Waals surface area contributed by atoms with Gasteiger partial charge in [0.25, 0.3) is 0 Å². The zero-order chi connectivity index (χ0) is 23.8. The van der Waals surface area contributed by atoms with Crippen molar-refractivity contribution in [3.05, 3.63) is 68.6 Å². The topological polar surface area (TPSA) is 113 Å². The van der Waals surface area contributed by atoms with Crippen LogP contribution in [0.1, 0.15) is 48.7 Å². The second kappa shape index (κ2) is 11.8. The number of Topliss-reactive ketones (excluding diaryl/α,β-unsaturated/α-hetero) is 1. The lowest BCUT2D eigenvalue weighted by Crippen LogP contribution is -2.22. The summed E-state index contributed by atoms with van der Waals surface area (Å²) in [5.41, 5.74) is 1.38. The summed E-state index contributed by atoms with van der Waals surface area (Å²) in [5, 5.41) is 21.9. The van der Waals surface area contributed by atoms with Crippen molar-refractivity contribution in [3.8, 4) is 5.75 Å². The minimum Gasteiger partial charge on any atom is -0.506 e. The number of hydrogen-bond acceptors (Lipinski definition) is 5. The van der Waals surface area contributed by atoms with Gasteiger partial charge >= 0.3 is 12.1 Å². The monoisotopic (exact) mass is 567 g/mol. The van der Waals surface area contributed by atoms with Gasteiger partial charge in [-0.25, -0.2) is 9.59 Å². The third-order valence-corrected chi connectivity index (χ3v) is 5.76. The van der Waals surface area contributed by atoms with Crippen LogP contribution in [-0.2, 0) is 9.53 Å². The Morgan fingerprint density at radius 2 is 1.81 bits per heavy atom. The third kappa shape index (κ3) is 7.49. The highest BCUT2D eigenvalue weighted by Crippen LogP contribution is 2.40. The number of aliphatic carboxylic acids is 1. The number of carbonyl (C=O) groups excluding carboxylic acids is 2. The van der Waals surface area contributed by atoms with E-state index in [4.69, 9.17) is 9.84 Å². The highest BCUT2D eigenvalue weighted by molar-refractivity contribution is 9.11. The zero-order valence-electron chi connectivity index (χ0n) is 17.5.